The van der Waals surface area contributed by atoms with E-state index in [-0.39, 0.29) is 25.0 Å². The van der Waals surface area contributed by atoms with Crippen molar-refractivity contribution in [3.05, 3.63) is 24.5 Å². The van der Waals surface area contributed by atoms with Gasteiger partial charge in [0.15, 0.2) is 0 Å². The first-order chi connectivity index (χ1) is 12.4. The molecule has 3 heterocycles. The van der Waals surface area contributed by atoms with Crippen LogP contribution < -0.4 is 0 Å². The molecule has 1 atom stereocenters. The van der Waals surface area contributed by atoms with Gasteiger partial charge < -0.3 is 19.3 Å². The lowest BCUT2D eigenvalue weighted by Crippen LogP contribution is -2.50. The topological polar surface area (TPSA) is 92.1 Å². The molecular weight excluding hydrogens is 338 g/mol. The van der Waals surface area contributed by atoms with Crippen LogP contribution in [0.1, 0.15) is 38.6 Å². The maximum absolute atomic E-state index is 13.0. The highest BCUT2D eigenvalue weighted by Crippen LogP contribution is 2.34. The molecule has 1 aromatic heterocycles. The summed E-state index contributed by atoms with van der Waals surface area (Å²) in [6, 6.07) is 3.62. The third-order valence-electron chi connectivity index (χ3n) is 5.19. The number of carboxylic acids is 1. The number of carboxylic acid groups (broad SMARTS) is 1. The molecule has 0 radical (unpaired) electrons. The molecular formula is C18H25N3O5. The molecule has 2 fully saturated rings. The number of ether oxygens (including phenoxy) is 1. The molecule has 0 saturated carbocycles. The number of aromatic nitrogens is 1. The summed E-state index contributed by atoms with van der Waals surface area (Å²) in [5.74, 6) is -0.967. The van der Waals surface area contributed by atoms with E-state index in [0.29, 0.717) is 25.9 Å². The van der Waals surface area contributed by atoms with Crippen LogP contribution in [0.15, 0.2) is 24.5 Å². The molecule has 0 aromatic carbocycles. The van der Waals surface area contributed by atoms with E-state index in [0.717, 1.165) is 12.8 Å². The second-order valence-electron chi connectivity index (χ2n) is 7.06. The van der Waals surface area contributed by atoms with E-state index < -0.39 is 17.7 Å². The molecule has 2 amide bonds. The molecule has 26 heavy (non-hydrogen) atoms. The highest BCUT2D eigenvalue weighted by atomic mass is 16.6. The Balaban J connectivity index is 1.62. The van der Waals surface area contributed by atoms with Gasteiger partial charge in [-0.2, -0.15) is 0 Å². The van der Waals surface area contributed by atoms with E-state index >= 15 is 0 Å². The van der Waals surface area contributed by atoms with E-state index in [1.807, 2.05) is 34.0 Å². The zero-order valence-corrected chi connectivity index (χ0v) is 15.0. The van der Waals surface area contributed by atoms with Crippen molar-refractivity contribution in [1.29, 1.82) is 0 Å². The Kier molecular flexibility index (Phi) is 5.20. The van der Waals surface area contributed by atoms with Crippen molar-refractivity contribution in [2.24, 2.45) is 0 Å². The number of rotatable bonds is 6. The Morgan fingerprint density at radius 2 is 1.92 bits per heavy atom. The van der Waals surface area contributed by atoms with Crippen LogP contribution in [0.3, 0.4) is 0 Å². The van der Waals surface area contributed by atoms with Crippen molar-refractivity contribution in [3.8, 4) is 0 Å². The fourth-order valence-corrected chi connectivity index (χ4v) is 3.81. The van der Waals surface area contributed by atoms with Crippen molar-refractivity contribution < 1.29 is 24.2 Å². The molecule has 2 saturated heterocycles. The Morgan fingerprint density at radius 3 is 2.50 bits per heavy atom. The Bertz CT molecular complexity index is 664. The van der Waals surface area contributed by atoms with Crippen LogP contribution in [0, 0.1) is 0 Å². The molecule has 0 aliphatic carbocycles. The highest BCUT2D eigenvalue weighted by Gasteiger charge is 2.48. The average Bonchev–Trinajstić information content (AvgIpc) is 3.22. The summed E-state index contributed by atoms with van der Waals surface area (Å²) in [7, 11) is 0. The lowest BCUT2D eigenvalue weighted by Gasteiger charge is -2.38. The first-order valence-electron chi connectivity index (χ1n) is 9.05. The molecule has 0 bridgehead atoms. The quantitative estimate of drug-likeness (QED) is 0.831. The number of nitrogens with zero attached hydrogens (tertiary/aromatic N) is 3. The summed E-state index contributed by atoms with van der Waals surface area (Å²) in [5.41, 5.74) is -0.670. The van der Waals surface area contributed by atoms with Crippen molar-refractivity contribution in [2.45, 2.75) is 44.2 Å². The molecule has 1 N–H and O–H groups in total. The van der Waals surface area contributed by atoms with Crippen molar-refractivity contribution in [3.63, 3.8) is 0 Å². The van der Waals surface area contributed by atoms with Gasteiger partial charge in [-0.05, 0) is 18.6 Å². The van der Waals surface area contributed by atoms with E-state index in [9.17, 15) is 14.4 Å². The third-order valence-corrected chi connectivity index (χ3v) is 5.19. The summed E-state index contributed by atoms with van der Waals surface area (Å²) in [5, 5.41) is 8.89. The summed E-state index contributed by atoms with van der Waals surface area (Å²) in [4.78, 5) is 38.8. The number of piperidine rings is 1. The van der Waals surface area contributed by atoms with Crippen LogP contribution in [0.2, 0.25) is 0 Å². The van der Waals surface area contributed by atoms with Gasteiger partial charge in [0.2, 0.25) is 5.91 Å². The standard InChI is InChI=1S/C18H25N3O5/c1-2-5-14(19-8-3-4-9-19)16(24)20-10-6-18(7-11-20)13-21(12-15(22)23)17(25)26-18/h3-4,8-9,14H,2,5-7,10-13H2,1H3,(H,22,23). The third kappa shape index (κ3) is 3.68. The first kappa shape index (κ1) is 18.3. The predicted molar refractivity (Wildman–Crippen MR) is 92.6 cm³/mol. The zero-order valence-electron chi connectivity index (χ0n) is 15.0. The summed E-state index contributed by atoms with van der Waals surface area (Å²) < 4.78 is 7.44. The van der Waals surface area contributed by atoms with Crippen LogP contribution in [0.25, 0.3) is 0 Å². The van der Waals surface area contributed by atoms with E-state index in [1.165, 1.54) is 4.90 Å². The average molecular weight is 363 g/mol. The Morgan fingerprint density at radius 1 is 1.27 bits per heavy atom. The second kappa shape index (κ2) is 7.39. The molecule has 8 nitrogen and oxygen atoms in total. The van der Waals surface area contributed by atoms with E-state index in [1.54, 1.807) is 0 Å². The fourth-order valence-electron chi connectivity index (χ4n) is 3.81. The van der Waals surface area contributed by atoms with E-state index in [2.05, 4.69) is 6.92 Å². The lowest BCUT2D eigenvalue weighted by molar-refractivity contribution is -0.138. The highest BCUT2D eigenvalue weighted by molar-refractivity contribution is 5.81. The van der Waals surface area contributed by atoms with Gasteiger partial charge in [0.25, 0.3) is 0 Å². The van der Waals surface area contributed by atoms with Crippen molar-refractivity contribution in [1.82, 2.24) is 14.4 Å². The van der Waals surface area contributed by atoms with Gasteiger partial charge in [-0.3, -0.25) is 14.5 Å². The van der Waals surface area contributed by atoms with E-state index in [4.69, 9.17) is 9.84 Å². The largest absolute Gasteiger partial charge is 0.480 e. The van der Waals surface area contributed by atoms with Crippen LogP contribution in [0.4, 0.5) is 4.79 Å². The Hall–Kier alpha value is -2.51. The lowest BCUT2D eigenvalue weighted by atomic mass is 9.91. The van der Waals surface area contributed by atoms with Crippen LogP contribution in [0.5, 0.6) is 0 Å². The second-order valence-corrected chi connectivity index (χ2v) is 7.06. The normalized spacial score (nSPS) is 20.3. The molecule has 2 aliphatic heterocycles. The van der Waals surface area contributed by atoms with Crippen molar-refractivity contribution >= 4 is 18.0 Å². The molecule has 1 spiro atoms. The molecule has 1 unspecified atom stereocenters. The number of carbonyl (C=O) groups is 3. The molecule has 1 aromatic rings. The van der Waals surface area contributed by atoms with Crippen LogP contribution >= 0.6 is 0 Å². The van der Waals surface area contributed by atoms with Gasteiger partial charge in [0.1, 0.15) is 18.2 Å². The van der Waals surface area contributed by atoms with Crippen LogP contribution in [-0.4, -0.2) is 69.2 Å². The molecule has 3 rings (SSSR count). The molecule has 2 aliphatic rings. The minimum absolute atomic E-state index is 0.0876. The minimum Gasteiger partial charge on any atom is -0.480 e. The number of likely N-dealkylation sites (tertiary alicyclic amines) is 1. The van der Waals surface area contributed by atoms with Gasteiger partial charge >= 0.3 is 12.1 Å². The van der Waals surface area contributed by atoms with Gasteiger partial charge in [-0.25, -0.2) is 4.79 Å². The maximum atomic E-state index is 13.0. The summed E-state index contributed by atoms with van der Waals surface area (Å²) in [6.45, 7) is 3.00. The fraction of sp³-hybridized carbons (Fsp3) is 0.611. The number of hydrogen-bond donors (Lipinski definition) is 1. The van der Waals surface area contributed by atoms with Gasteiger partial charge in [0.05, 0.1) is 6.54 Å². The predicted octanol–water partition coefficient (Wildman–Crippen LogP) is 1.73. The SMILES string of the molecule is CCCC(C(=O)N1CCC2(CC1)CN(CC(=O)O)C(=O)O2)n1cccc1. The zero-order chi connectivity index (χ0) is 18.7. The molecule has 142 valence electrons. The van der Waals surface area contributed by atoms with Gasteiger partial charge in [0, 0.05) is 38.3 Å². The number of amides is 2. The number of aliphatic carboxylic acids is 1. The van der Waals surface area contributed by atoms with Gasteiger partial charge in [-0.1, -0.05) is 13.3 Å². The maximum Gasteiger partial charge on any atom is 0.411 e. The van der Waals surface area contributed by atoms with Gasteiger partial charge in [-0.15, -0.1) is 0 Å². The number of hydrogen-bond acceptors (Lipinski definition) is 4. The summed E-state index contributed by atoms with van der Waals surface area (Å²) in [6.07, 6.45) is 5.99. The number of carbonyl (C=O) groups excluding carboxylic acids is 2. The minimum atomic E-state index is -1.05. The van der Waals surface area contributed by atoms with Crippen molar-refractivity contribution in [2.75, 3.05) is 26.2 Å². The smallest absolute Gasteiger partial charge is 0.411 e. The van der Waals surface area contributed by atoms with Crippen LogP contribution in [-0.2, 0) is 14.3 Å². The molecule has 8 heteroatoms. The first-order valence-corrected chi connectivity index (χ1v) is 9.05. The monoisotopic (exact) mass is 363 g/mol. The Labute approximate surface area is 152 Å². The summed E-state index contributed by atoms with van der Waals surface area (Å²) >= 11 is 0.